The Morgan fingerprint density at radius 2 is 1.51 bits per heavy atom. The van der Waals surface area contributed by atoms with Gasteiger partial charge in [0.2, 0.25) is 0 Å². The van der Waals surface area contributed by atoms with Crippen LogP contribution >= 0.6 is 23.2 Å². The minimum atomic E-state index is -1.28. The molecule has 0 aliphatic heterocycles. The predicted molar refractivity (Wildman–Crippen MR) is 151 cm³/mol. The molecule has 5 aromatic rings. The van der Waals surface area contributed by atoms with Crippen molar-refractivity contribution in [2.24, 2.45) is 7.05 Å². The fourth-order valence-corrected chi connectivity index (χ4v) is 5.10. The highest BCUT2D eigenvalue weighted by atomic mass is 35.5. The number of hydrogen-bond donors (Lipinski definition) is 2. The van der Waals surface area contributed by atoms with Crippen molar-refractivity contribution < 1.29 is 14.7 Å². The lowest BCUT2D eigenvalue weighted by Crippen LogP contribution is -2.42. The van der Waals surface area contributed by atoms with Gasteiger partial charge in [0.05, 0.1) is 32.2 Å². The molecule has 4 aromatic carbocycles. The minimum absolute atomic E-state index is 0.0123. The maximum atomic E-state index is 13.4. The second kappa shape index (κ2) is 10.4. The van der Waals surface area contributed by atoms with Crippen LogP contribution in [0.15, 0.2) is 88.5 Å². The number of aryl methyl sites for hydroxylation is 1. The molecule has 2 N–H and O–H groups in total. The van der Waals surface area contributed by atoms with Crippen molar-refractivity contribution >= 4 is 56.8 Å². The van der Waals surface area contributed by atoms with Gasteiger partial charge in [-0.2, -0.15) is 0 Å². The van der Waals surface area contributed by atoms with Crippen LogP contribution in [0.3, 0.4) is 0 Å². The van der Waals surface area contributed by atoms with Gasteiger partial charge in [-0.3, -0.25) is 14.2 Å². The summed E-state index contributed by atoms with van der Waals surface area (Å²) in [6.45, 7) is 0. The van der Waals surface area contributed by atoms with Gasteiger partial charge >= 0.3 is 11.7 Å². The molecule has 0 radical (unpaired) electrons. The fraction of sp³-hybridized carbons (Fsp3) is 0.103. The second-order valence-corrected chi connectivity index (χ2v) is 9.84. The number of carbonyl (C=O) groups is 2. The number of fused-ring (bicyclic) bond motifs is 2. The van der Waals surface area contributed by atoms with E-state index in [1.54, 1.807) is 43.4 Å². The summed E-state index contributed by atoms with van der Waals surface area (Å²) in [7, 11) is 1.61. The number of hydrogen-bond acceptors (Lipinski definition) is 4. The topological polar surface area (TPSA) is 110 Å². The van der Waals surface area contributed by atoms with Crippen molar-refractivity contribution in [1.29, 1.82) is 0 Å². The average molecular weight is 562 g/mol. The quantitative estimate of drug-likeness (QED) is 0.295. The van der Waals surface area contributed by atoms with Crippen molar-refractivity contribution in [3.63, 3.8) is 0 Å². The van der Waals surface area contributed by atoms with Crippen LogP contribution in [-0.4, -0.2) is 32.2 Å². The normalized spacial score (nSPS) is 12.0. The zero-order valence-electron chi connectivity index (χ0n) is 20.5. The van der Waals surface area contributed by atoms with Crippen LogP contribution in [0.4, 0.5) is 0 Å². The SMILES string of the molecule is Cn1c(=O)n(-c2ccc(C[C@H](NC(=O)c3c(Cl)cccc3Cl)C(=O)O)cc2)c(=O)c2cc3ccccc3cc21. The van der Waals surface area contributed by atoms with Crippen LogP contribution in [0, 0.1) is 0 Å². The summed E-state index contributed by atoms with van der Waals surface area (Å²) in [5, 5.41) is 14.6. The largest absolute Gasteiger partial charge is 0.480 e. The number of amides is 1. The van der Waals surface area contributed by atoms with E-state index in [0.29, 0.717) is 22.2 Å². The smallest absolute Gasteiger partial charge is 0.335 e. The van der Waals surface area contributed by atoms with E-state index < -0.39 is 29.2 Å². The number of benzene rings is 4. The first-order chi connectivity index (χ1) is 18.7. The highest BCUT2D eigenvalue weighted by Crippen LogP contribution is 2.24. The van der Waals surface area contributed by atoms with Crippen molar-refractivity contribution in [3.05, 3.63) is 121 Å². The summed E-state index contributed by atoms with van der Waals surface area (Å²) in [6, 6.07) is 20.8. The summed E-state index contributed by atoms with van der Waals surface area (Å²) in [5.74, 6) is -1.96. The number of nitrogens with zero attached hydrogens (tertiary/aromatic N) is 2. The Morgan fingerprint density at radius 3 is 2.13 bits per heavy atom. The molecule has 1 amide bonds. The molecule has 0 aliphatic carbocycles. The van der Waals surface area contributed by atoms with Crippen LogP contribution in [0.25, 0.3) is 27.4 Å². The van der Waals surface area contributed by atoms with Crippen LogP contribution in [0.1, 0.15) is 15.9 Å². The van der Waals surface area contributed by atoms with Gasteiger partial charge in [-0.1, -0.05) is 65.7 Å². The Hall–Kier alpha value is -4.40. The number of carboxylic acids is 1. The second-order valence-electron chi connectivity index (χ2n) is 9.03. The molecule has 0 unspecified atom stereocenters. The maximum absolute atomic E-state index is 13.4. The van der Waals surface area contributed by atoms with E-state index in [-0.39, 0.29) is 22.0 Å². The lowest BCUT2D eigenvalue weighted by atomic mass is 10.0. The molecule has 0 fully saturated rings. The number of halogens is 2. The lowest BCUT2D eigenvalue weighted by Gasteiger charge is -2.16. The first-order valence-corrected chi connectivity index (χ1v) is 12.6. The molecule has 0 bridgehead atoms. The van der Waals surface area contributed by atoms with Crippen LogP contribution in [-0.2, 0) is 18.3 Å². The van der Waals surface area contributed by atoms with Gasteiger partial charge in [0.1, 0.15) is 6.04 Å². The van der Waals surface area contributed by atoms with Gasteiger partial charge in [0.25, 0.3) is 11.5 Å². The maximum Gasteiger partial charge on any atom is 0.335 e. The van der Waals surface area contributed by atoms with E-state index in [0.717, 1.165) is 15.3 Å². The Kier molecular flexibility index (Phi) is 6.99. The number of carboxylic acid groups (broad SMARTS) is 1. The van der Waals surface area contributed by atoms with Crippen molar-refractivity contribution in [3.8, 4) is 5.69 Å². The molecule has 0 saturated heterocycles. The van der Waals surface area contributed by atoms with E-state index in [4.69, 9.17) is 23.2 Å². The van der Waals surface area contributed by atoms with Crippen molar-refractivity contribution in [2.45, 2.75) is 12.5 Å². The van der Waals surface area contributed by atoms with Crippen LogP contribution < -0.4 is 16.6 Å². The molecule has 0 spiro atoms. The molecule has 10 heteroatoms. The predicted octanol–water partition coefficient (Wildman–Crippen LogP) is 4.58. The number of aliphatic carboxylic acids is 1. The summed E-state index contributed by atoms with van der Waals surface area (Å²) in [5.41, 5.74) is 0.435. The summed E-state index contributed by atoms with van der Waals surface area (Å²) >= 11 is 12.2. The van der Waals surface area contributed by atoms with E-state index in [9.17, 15) is 24.3 Å². The van der Waals surface area contributed by atoms with Gasteiger partial charge in [0, 0.05) is 13.5 Å². The van der Waals surface area contributed by atoms with E-state index in [2.05, 4.69) is 5.32 Å². The molecular weight excluding hydrogens is 541 g/mol. The highest BCUT2D eigenvalue weighted by molar-refractivity contribution is 6.39. The first kappa shape index (κ1) is 26.2. The monoisotopic (exact) mass is 561 g/mol. The summed E-state index contributed by atoms with van der Waals surface area (Å²) in [4.78, 5) is 51.2. The summed E-state index contributed by atoms with van der Waals surface area (Å²) < 4.78 is 2.50. The first-order valence-electron chi connectivity index (χ1n) is 11.9. The molecule has 1 aromatic heterocycles. The molecule has 39 heavy (non-hydrogen) atoms. The molecule has 196 valence electrons. The third-order valence-corrected chi connectivity index (χ3v) is 7.19. The van der Waals surface area contributed by atoms with Crippen LogP contribution in [0.2, 0.25) is 10.0 Å². The Balaban J connectivity index is 1.46. The van der Waals surface area contributed by atoms with Gasteiger partial charge in [-0.25, -0.2) is 14.2 Å². The van der Waals surface area contributed by atoms with Gasteiger partial charge < -0.3 is 10.4 Å². The Labute approximate surface area is 231 Å². The number of rotatable bonds is 6. The van der Waals surface area contributed by atoms with Gasteiger partial charge in [-0.15, -0.1) is 0 Å². The zero-order chi connectivity index (χ0) is 27.8. The third-order valence-electron chi connectivity index (χ3n) is 6.56. The number of nitrogens with one attached hydrogen (secondary N) is 1. The standard InChI is InChI=1S/C29H21Cl2N3O5/c1-33-24-15-18-6-3-2-5-17(18)14-20(24)27(36)34(29(33)39)19-11-9-16(10-12-19)13-23(28(37)38)32-26(35)25-21(30)7-4-8-22(25)31/h2-12,14-15,23H,13H2,1H3,(H,32,35)(H,37,38)/t23-/m0/s1. The van der Waals surface area contributed by atoms with Crippen molar-refractivity contribution in [1.82, 2.24) is 14.5 Å². The highest BCUT2D eigenvalue weighted by Gasteiger charge is 2.24. The molecule has 0 saturated carbocycles. The molecule has 0 aliphatic rings. The Morgan fingerprint density at radius 1 is 0.897 bits per heavy atom. The number of aromatic nitrogens is 2. The molecule has 1 atom stereocenters. The molecule has 1 heterocycles. The number of carbonyl (C=O) groups excluding carboxylic acids is 1. The van der Waals surface area contributed by atoms with E-state index >= 15 is 0 Å². The van der Waals surface area contributed by atoms with Crippen molar-refractivity contribution in [2.75, 3.05) is 0 Å². The molecular formula is C29H21Cl2N3O5. The molecule has 5 rings (SSSR count). The van der Waals surface area contributed by atoms with Crippen LogP contribution in [0.5, 0.6) is 0 Å². The van der Waals surface area contributed by atoms with E-state index in [1.807, 2.05) is 30.3 Å². The minimum Gasteiger partial charge on any atom is -0.480 e. The third kappa shape index (κ3) is 4.92. The lowest BCUT2D eigenvalue weighted by molar-refractivity contribution is -0.139. The van der Waals surface area contributed by atoms with Gasteiger partial charge in [0.15, 0.2) is 0 Å². The van der Waals surface area contributed by atoms with E-state index in [1.165, 1.54) is 16.7 Å². The molecule has 8 nitrogen and oxygen atoms in total. The average Bonchev–Trinajstić information content (AvgIpc) is 2.91. The Bertz CT molecular complexity index is 1870. The zero-order valence-corrected chi connectivity index (χ0v) is 22.0. The fourth-order valence-electron chi connectivity index (χ4n) is 4.53. The summed E-state index contributed by atoms with van der Waals surface area (Å²) in [6.07, 6.45) is -0.0555. The van der Waals surface area contributed by atoms with Gasteiger partial charge in [-0.05, 0) is 52.7 Å².